The summed E-state index contributed by atoms with van der Waals surface area (Å²) in [6.07, 6.45) is 0.953. The predicted molar refractivity (Wildman–Crippen MR) is 64.8 cm³/mol. The number of hydrogen-bond acceptors (Lipinski definition) is 4. The molecule has 0 saturated heterocycles. The molecule has 2 aromatic rings. The Labute approximate surface area is 108 Å². The van der Waals surface area contributed by atoms with Crippen LogP contribution in [0.3, 0.4) is 0 Å². The Hall–Kier alpha value is -1.65. The van der Waals surface area contributed by atoms with Crippen LogP contribution in [0.25, 0.3) is 0 Å². The number of hydrogen-bond donors (Lipinski definition) is 0. The van der Waals surface area contributed by atoms with Crippen LogP contribution in [-0.4, -0.2) is 18.0 Å². The SMILES string of the molecule is O=Cc1onc2c1CCOC2c1ccccc1Cl. The molecule has 2 heterocycles. The van der Waals surface area contributed by atoms with Gasteiger partial charge in [0.05, 0.1) is 6.61 Å². The van der Waals surface area contributed by atoms with Crippen molar-refractivity contribution in [2.45, 2.75) is 12.5 Å². The van der Waals surface area contributed by atoms with Crippen LogP contribution in [0.15, 0.2) is 28.8 Å². The van der Waals surface area contributed by atoms with E-state index < -0.39 is 0 Å². The quantitative estimate of drug-likeness (QED) is 0.782. The highest BCUT2D eigenvalue weighted by atomic mass is 35.5. The molecule has 1 aliphatic rings. The molecular weight excluding hydrogens is 254 g/mol. The minimum absolute atomic E-state index is 0.283. The lowest BCUT2D eigenvalue weighted by Gasteiger charge is -2.22. The molecule has 92 valence electrons. The number of ether oxygens (including phenoxy) is 1. The number of nitrogens with zero attached hydrogens (tertiary/aromatic N) is 1. The lowest BCUT2D eigenvalue weighted by molar-refractivity contribution is 0.0657. The molecular formula is C13H10ClNO3. The molecule has 0 radical (unpaired) electrons. The monoisotopic (exact) mass is 263 g/mol. The lowest BCUT2D eigenvalue weighted by Crippen LogP contribution is -2.17. The van der Waals surface area contributed by atoms with Crippen molar-refractivity contribution >= 4 is 17.9 Å². The number of carbonyl (C=O) groups excluding carboxylic acids is 1. The number of halogens is 1. The normalized spacial score (nSPS) is 18.4. The Bertz CT molecular complexity index is 594. The smallest absolute Gasteiger partial charge is 0.202 e. The van der Waals surface area contributed by atoms with E-state index in [1.54, 1.807) is 6.07 Å². The van der Waals surface area contributed by atoms with Gasteiger partial charge in [0.1, 0.15) is 11.8 Å². The van der Waals surface area contributed by atoms with Crippen molar-refractivity contribution in [1.29, 1.82) is 0 Å². The first-order chi connectivity index (χ1) is 8.81. The molecule has 3 rings (SSSR count). The fourth-order valence-corrected chi connectivity index (χ4v) is 2.40. The molecule has 0 bridgehead atoms. The second kappa shape index (κ2) is 4.55. The maximum Gasteiger partial charge on any atom is 0.202 e. The van der Waals surface area contributed by atoms with E-state index in [-0.39, 0.29) is 11.9 Å². The van der Waals surface area contributed by atoms with Gasteiger partial charge in [-0.05, 0) is 6.07 Å². The van der Waals surface area contributed by atoms with Crippen LogP contribution in [0, 0.1) is 0 Å². The number of aldehydes is 1. The van der Waals surface area contributed by atoms with Gasteiger partial charge >= 0.3 is 0 Å². The standard InChI is InChI=1S/C13H10ClNO3/c14-10-4-2-1-3-8(10)13-12-9(5-6-17-13)11(7-16)18-15-12/h1-4,7,13H,5-6H2. The van der Waals surface area contributed by atoms with Crippen LogP contribution in [0.5, 0.6) is 0 Å². The van der Waals surface area contributed by atoms with Gasteiger partial charge in [0.15, 0.2) is 6.29 Å². The van der Waals surface area contributed by atoms with E-state index in [1.165, 1.54) is 0 Å². The van der Waals surface area contributed by atoms with E-state index in [0.717, 1.165) is 11.1 Å². The average Bonchev–Trinajstić information content (AvgIpc) is 2.82. The Balaban J connectivity index is 2.09. The van der Waals surface area contributed by atoms with Crippen molar-refractivity contribution in [3.63, 3.8) is 0 Å². The van der Waals surface area contributed by atoms with E-state index in [2.05, 4.69) is 5.16 Å². The summed E-state index contributed by atoms with van der Waals surface area (Å²) in [5, 5.41) is 4.55. The summed E-state index contributed by atoms with van der Waals surface area (Å²) < 4.78 is 10.7. The Kier molecular flexibility index (Phi) is 2.89. The number of aromatic nitrogens is 1. The van der Waals surface area contributed by atoms with Gasteiger partial charge in [-0.15, -0.1) is 0 Å². The zero-order chi connectivity index (χ0) is 12.5. The molecule has 4 nitrogen and oxygen atoms in total. The van der Waals surface area contributed by atoms with Gasteiger partial charge in [-0.25, -0.2) is 0 Å². The van der Waals surface area contributed by atoms with Crippen molar-refractivity contribution in [3.8, 4) is 0 Å². The maximum absolute atomic E-state index is 10.8. The first-order valence-electron chi connectivity index (χ1n) is 5.61. The Morgan fingerprint density at radius 3 is 3.00 bits per heavy atom. The molecule has 1 atom stereocenters. The highest BCUT2D eigenvalue weighted by Crippen LogP contribution is 2.36. The largest absolute Gasteiger partial charge is 0.367 e. The molecule has 5 heteroatoms. The number of rotatable bonds is 2. The van der Waals surface area contributed by atoms with Gasteiger partial charge < -0.3 is 9.26 Å². The summed E-state index contributed by atoms with van der Waals surface area (Å²) in [4.78, 5) is 10.8. The summed E-state index contributed by atoms with van der Waals surface area (Å²) >= 11 is 6.16. The number of benzene rings is 1. The molecule has 1 aliphatic heterocycles. The summed E-state index contributed by atoms with van der Waals surface area (Å²) in [5.74, 6) is 0.283. The van der Waals surface area contributed by atoms with Gasteiger partial charge in [0.25, 0.3) is 0 Å². The minimum atomic E-state index is -0.361. The topological polar surface area (TPSA) is 52.3 Å². The molecule has 0 spiro atoms. The van der Waals surface area contributed by atoms with Crippen molar-refractivity contribution in [2.24, 2.45) is 0 Å². The molecule has 1 aromatic carbocycles. The average molecular weight is 264 g/mol. The zero-order valence-corrected chi connectivity index (χ0v) is 10.2. The third-order valence-electron chi connectivity index (χ3n) is 3.03. The van der Waals surface area contributed by atoms with E-state index in [1.807, 2.05) is 18.2 Å². The van der Waals surface area contributed by atoms with Crippen LogP contribution in [0.1, 0.15) is 33.5 Å². The van der Waals surface area contributed by atoms with Crippen LogP contribution in [0.4, 0.5) is 0 Å². The van der Waals surface area contributed by atoms with E-state index in [0.29, 0.717) is 30.0 Å². The maximum atomic E-state index is 10.8. The van der Waals surface area contributed by atoms with Gasteiger partial charge in [0, 0.05) is 22.6 Å². The van der Waals surface area contributed by atoms with Crippen molar-refractivity contribution in [1.82, 2.24) is 5.16 Å². The number of carbonyl (C=O) groups is 1. The van der Waals surface area contributed by atoms with Crippen LogP contribution >= 0.6 is 11.6 Å². The van der Waals surface area contributed by atoms with Gasteiger partial charge in [-0.2, -0.15) is 0 Å². The molecule has 1 unspecified atom stereocenters. The third kappa shape index (κ3) is 1.74. The zero-order valence-electron chi connectivity index (χ0n) is 9.43. The fourth-order valence-electron chi connectivity index (χ4n) is 2.17. The first-order valence-corrected chi connectivity index (χ1v) is 5.98. The lowest BCUT2D eigenvalue weighted by atomic mass is 9.98. The van der Waals surface area contributed by atoms with Crippen molar-refractivity contribution in [3.05, 3.63) is 51.9 Å². The fraction of sp³-hybridized carbons (Fsp3) is 0.231. The summed E-state index contributed by atoms with van der Waals surface area (Å²) in [6, 6.07) is 7.43. The van der Waals surface area contributed by atoms with Crippen LogP contribution in [-0.2, 0) is 11.2 Å². The Morgan fingerprint density at radius 2 is 2.22 bits per heavy atom. The molecule has 0 amide bonds. The molecule has 0 fully saturated rings. The highest BCUT2D eigenvalue weighted by Gasteiger charge is 2.30. The summed E-state index contributed by atoms with van der Waals surface area (Å²) in [5.41, 5.74) is 2.31. The van der Waals surface area contributed by atoms with Crippen LogP contribution < -0.4 is 0 Å². The molecule has 0 saturated carbocycles. The summed E-state index contributed by atoms with van der Waals surface area (Å²) in [6.45, 7) is 0.519. The van der Waals surface area contributed by atoms with Crippen molar-refractivity contribution < 1.29 is 14.1 Å². The van der Waals surface area contributed by atoms with E-state index in [9.17, 15) is 4.79 Å². The van der Waals surface area contributed by atoms with Crippen molar-refractivity contribution in [2.75, 3.05) is 6.61 Å². The second-order valence-electron chi connectivity index (χ2n) is 4.05. The summed E-state index contributed by atoms with van der Waals surface area (Å²) in [7, 11) is 0. The molecule has 0 aliphatic carbocycles. The molecule has 18 heavy (non-hydrogen) atoms. The predicted octanol–water partition coefficient (Wildman–Crippen LogP) is 2.80. The van der Waals surface area contributed by atoms with Gasteiger partial charge in [-0.3, -0.25) is 4.79 Å². The first kappa shape index (κ1) is 11.4. The number of fused-ring (bicyclic) bond motifs is 1. The third-order valence-corrected chi connectivity index (χ3v) is 3.37. The Morgan fingerprint density at radius 1 is 1.39 bits per heavy atom. The van der Waals surface area contributed by atoms with E-state index in [4.69, 9.17) is 20.9 Å². The molecule has 1 aromatic heterocycles. The minimum Gasteiger partial charge on any atom is -0.367 e. The van der Waals surface area contributed by atoms with E-state index >= 15 is 0 Å². The second-order valence-corrected chi connectivity index (χ2v) is 4.46. The van der Waals surface area contributed by atoms with Gasteiger partial charge in [-0.1, -0.05) is 35.0 Å². The highest BCUT2D eigenvalue weighted by molar-refractivity contribution is 6.31. The van der Waals surface area contributed by atoms with Gasteiger partial charge in [0.2, 0.25) is 5.76 Å². The van der Waals surface area contributed by atoms with Crippen LogP contribution in [0.2, 0.25) is 5.02 Å². The molecule has 0 N–H and O–H groups in total.